The van der Waals surface area contributed by atoms with Gasteiger partial charge in [0.05, 0.1) is 28.0 Å². The molecule has 6 rings (SSSR count). The van der Waals surface area contributed by atoms with Crippen molar-refractivity contribution >= 4 is 33.8 Å². The van der Waals surface area contributed by atoms with Crippen LogP contribution in [0.15, 0.2) is 41.5 Å². The smallest absolute Gasteiger partial charge is 0.407 e. The van der Waals surface area contributed by atoms with E-state index in [-0.39, 0.29) is 11.7 Å². The van der Waals surface area contributed by atoms with Gasteiger partial charge in [-0.1, -0.05) is 12.1 Å². The molecule has 31 heavy (non-hydrogen) atoms. The molecule has 2 aromatic carbocycles. The molecule has 0 spiro atoms. The maximum absolute atomic E-state index is 11.8. The van der Waals surface area contributed by atoms with Gasteiger partial charge in [0.2, 0.25) is 0 Å². The Morgan fingerprint density at radius 1 is 1.19 bits per heavy atom. The van der Waals surface area contributed by atoms with Crippen molar-refractivity contribution in [3.63, 3.8) is 0 Å². The van der Waals surface area contributed by atoms with Crippen LogP contribution < -0.4 is 15.3 Å². The summed E-state index contributed by atoms with van der Waals surface area (Å²) in [5.41, 5.74) is 3.63. The second kappa shape index (κ2) is 6.46. The molecule has 10 nitrogen and oxygen atoms in total. The minimum Gasteiger partial charge on any atom is -0.490 e. The number of imidazole rings is 1. The summed E-state index contributed by atoms with van der Waals surface area (Å²) in [5.74, 6) is 1.40. The molecule has 2 aliphatic heterocycles. The zero-order valence-corrected chi connectivity index (χ0v) is 16.3. The normalized spacial score (nSPS) is 18.0. The fraction of sp³-hybridized carbons (Fsp3) is 0.238. The number of nitrogens with one attached hydrogen (secondary N) is 2. The topological polar surface area (TPSA) is 127 Å². The SMILES string of the molecule is O=C(O)N1CCN2c3ncnc4cc(-c5cccc6[nH]c(=O)[nH]c56)cc(c34)OC[C@@H]2C1. The molecule has 4 aromatic rings. The molecule has 0 radical (unpaired) electrons. The minimum atomic E-state index is -0.926. The van der Waals surface area contributed by atoms with E-state index in [1.807, 2.05) is 30.3 Å². The Bertz CT molecular complexity index is 1410. The van der Waals surface area contributed by atoms with Gasteiger partial charge < -0.3 is 29.6 Å². The summed E-state index contributed by atoms with van der Waals surface area (Å²) in [6.45, 7) is 1.64. The predicted octanol–water partition coefficient (Wildman–Crippen LogP) is 2.03. The Morgan fingerprint density at radius 3 is 2.97 bits per heavy atom. The molecule has 1 atom stereocenters. The van der Waals surface area contributed by atoms with Gasteiger partial charge in [0.15, 0.2) is 0 Å². The average molecular weight is 418 g/mol. The molecule has 1 fully saturated rings. The van der Waals surface area contributed by atoms with Gasteiger partial charge in [-0.15, -0.1) is 0 Å². The number of benzene rings is 2. The van der Waals surface area contributed by atoms with Gasteiger partial charge in [0.1, 0.15) is 24.5 Å². The number of carboxylic acid groups (broad SMARTS) is 1. The van der Waals surface area contributed by atoms with Crippen molar-refractivity contribution < 1.29 is 14.6 Å². The lowest BCUT2D eigenvalue weighted by Crippen LogP contribution is -2.56. The second-order valence-corrected chi connectivity index (χ2v) is 7.76. The molecule has 156 valence electrons. The molecule has 3 N–H and O–H groups in total. The Labute approximate surface area is 175 Å². The third-order valence-electron chi connectivity index (χ3n) is 6.00. The van der Waals surface area contributed by atoms with Crippen LogP contribution in [-0.2, 0) is 0 Å². The maximum Gasteiger partial charge on any atom is 0.407 e. The highest BCUT2D eigenvalue weighted by Gasteiger charge is 2.34. The molecular formula is C21H18N6O4. The van der Waals surface area contributed by atoms with Crippen LogP contribution in [0.3, 0.4) is 0 Å². The number of aromatic nitrogens is 4. The number of fused-ring (bicyclic) bond motifs is 3. The van der Waals surface area contributed by atoms with E-state index in [1.54, 1.807) is 0 Å². The van der Waals surface area contributed by atoms with E-state index in [2.05, 4.69) is 24.8 Å². The number of ether oxygens (including phenoxy) is 1. The van der Waals surface area contributed by atoms with Crippen LogP contribution in [-0.4, -0.2) is 68.3 Å². The van der Waals surface area contributed by atoms with Crippen LogP contribution in [0.5, 0.6) is 5.75 Å². The highest BCUT2D eigenvalue weighted by atomic mass is 16.5. The lowest BCUT2D eigenvalue weighted by Gasteiger charge is -2.39. The van der Waals surface area contributed by atoms with Crippen LogP contribution in [0.4, 0.5) is 10.6 Å². The second-order valence-electron chi connectivity index (χ2n) is 7.76. The first-order chi connectivity index (χ1) is 15.1. The molecule has 1 saturated heterocycles. The van der Waals surface area contributed by atoms with Gasteiger partial charge in [0, 0.05) is 25.2 Å². The molecule has 1 amide bonds. The number of carbonyl (C=O) groups is 1. The number of nitrogens with zero attached hydrogens (tertiary/aromatic N) is 4. The minimum absolute atomic E-state index is 0.136. The number of H-pyrrole nitrogens is 2. The number of para-hydroxylation sites is 1. The van der Waals surface area contributed by atoms with Crippen LogP contribution in [0.1, 0.15) is 0 Å². The maximum atomic E-state index is 11.8. The van der Waals surface area contributed by atoms with E-state index < -0.39 is 6.09 Å². The lowest BCUT2D eigenvalue weighted by molar-refractivity contribution is 0.127. The first-order valence-electron chi connectivity index (χ1n) is 9.96. The molecular weight excluding hydrogens is 400 g/mol. The number of amides is 1. The van der Waals surface area contributed by atoms with Crippen molar-refractivity contribution in [2.75, 3.05) is 31.1 Å². The van der Waals surface area contributed by atoms with Gasteiger partial charge in [-0.2, -0.15) is 0 Å². The number of rotatable bonds is 1. The molecule has 10 heteroatoms. The Balaban J connectivity index is 1.51. The molecule has 0 unspecified atom stereocenters. The van der Waals surface area contributed by atoms with Crippen molar-refractivity contribution in [2.24, 2.45) is 0 Å². The fourth-order valence-electron chi connectivity index (χ4n) is 4.56. The van der Waals surface area contributed by atoms with Crippen molar-refractivity contribution in [2.45, 2.75) is 6.04 Å². The number of anilines is 1. The quantitative estimate of drug-likeness (QED) is 0.432. The van der Waals surface area contributed by atoms with E-state index >= 15 is 0 Å². The zero-order chi connectivity index (χ0) is 21.1. The van der Waals surface area contributed by atoms with E-state index in [4.69, 9.17) is 4.74 Å². The highest BCUT2D eigenvalue weighted by molar-refractivity contribution is 6.01. The summed E-state index contributed by atoms with van der Waals surface area (Å²) < 4.78 is 6.18. The highest BCUT2D eigenvalue weighted by Crippen LogP contribution is 2.40. The third-order valence-corrected chi connectivity index (χ3v) is 6.00. The molecule has 2 aromatic heterocycles. The van der Waals surface area contributed by atoms with Gasteiger partial charge in [-0.25, -0.2) is 19.6 Å². The summed E-state index contributed by atoms with van der Waals surface area (Å²) in [4.78, 5) is 41.4. The van der Waals surface area contributed by atoms with Gasteiger partial charge in [0.25, 0.3) is 0 Å². The van der Waals surface area contributed by atoms with E-state index in [0.717, 1.165) is 38.9 Å². The van der Waals surface area contributed by atoms with Crippen LogP contribution >= 0.6 is 0 Å². The van der Waals surface area contributed by atoms with Crippen molar-refractivity contribution in [3.05, 3.63) is 47.1 Å². The molecule has 0 bridgehead atoms. The summed E-state index contributed by atoms with van der Waals surface area (Å²) in [5, 5.41) is 10.2. The predicted molar refractivity (Wildman–Crippen MR) is 114 cm³/mol. The standard InChI is InChI=1S/C21H18N6O4/c28-20-24-14-3-1-2-13(18(14)25-20)11-6-15-17-16(7-11)31-9-12-8-26(21(29)30)4-5-27(12)19(17)23-10-22-15/h1-3,6-7,10,12H,4-5,8-9H2,(H,29,30)(H2,24,25,28)/t12-/m0/s1. The number of hydrogen-bond acceptors (Lipinski definition) is 6. The summed E-state index contributed by atoms with van der Waals surface area (Å²) >= 11 is 0. The van der Waals surface area contributed by atoms with E-state index in [1.165, 1.54) is 11.2 Å². The number of hydrogen-bond donors (Lipinski definition) is 3. The fourth-order valence-corrected chi connectivity index (χ4v) is 4.56. The van der Waals surface area contributed by atoms with E-state index in [0.29, 0.717) is 32.0 Å². The van der Waals surface area contributed by atoms with Crippen LogP contribution in [0, 0.1) is 0 Å². The monoisotopic (exact) mass is 418 g/mol. The number of aromatic amines is 2. The summed E-state index contributed by atoms with van der Waals surface area (Å²) in [6, 6.07) is 9.42. The third kappa shape index (κ3) is 2.71. The van der Waals surface area contributed by atoms with Crippen molar-refractivity contribution in [1.29, 1.82) is 0 Å². The van der Waals surface area contributed by atoms with Gasteiger partial charge in [-0.3, -0.25) is 0 Å². The number of piperazine rings is 1. The average Bonchev–Trinajstić information content (AvgIpc) is 3.08. The van der Waals surface area contributed by atoms with Crippen molar-refractivity contribution in [3.8, 4) is 16.9 Å². The van der Waals surface area contributed by atoms with E-state index in [9.17, 15) is 14.7 Å². The molecule has 4 heterocycles. The Kier molecular flexibility index (Phi) is 3.70. The largest absolute Gasteiger partial charge is 0.490 e. The zero-order valence-electron chi connectivity index (χ0n) is 16.3. The summed E-state index contributed by atoms with van der Waals surface area (Å²) in [6.07, 6.45) is 0.598. The summed E-state index contributed by atoms with van der Waals surface area (Å²) in [7, 11) is 0. The molecule has 2 aliphatic rings. The Hall–Kier alpha value is -4.08. The van der Waals surface area contributed by atoms with Gasteiger partial charge >= 0.3 is 11.8 Å². The molecule has 0 aliphatic carbocycles. The van der Waals surface area contributed by atoms with Crippen LogP contribution in [0.2, 0.25) is 0 Å². The van der Waals surface area contributed by atoms with Gasteiger partial charge in [-0.05, 0) is 23.8 Å². The first-order valence-corrected chi connectivity index (χ1v) is 9.96. The van der Waals surface area contributed by atoms with Crippen molar-refractivity contribution in [1.82, 2.24) is 24.8 Å². The molecule has 0 saturated carbocycles. The van der Waals surface area contributed by atoms with Crippen LogP contribution in [0.25, 0.3) is 33.1 Å². The first kappa shape index (κ1) is 17.8. The Morgan fingerprint density at radius 2 is 2.10 bits per heavy atom. The lowest BCUT2D eigenvalue weighted by atomic mass is 10.0.